The van der Waals surface area contributed by atoms with Gasteiger partial charge in [-0.3, -0.25) is 9.59 Å². The lowest BCUT2D eigenvalue weighted by atomic mass is 10.1. The van der Waals surface area contributed by atoms with Gasteiger partial charge in [-0.2, -0.15) is 0 Å². The normalized spacial score (nSPS) is 14.0. The van der Waals surface area contributed by atoms with E-state index >= 15 is 0 Å². The van der Waals surface area contributed by atoms with Crippen LogP contribution in [0.5, 0.6) is 0 Å². The minimum absolute atomic E-state index is 0.00702. The first kappa shape index (κ1) is 54.0. The summed E-state index contributed by atoms with van der Waals surface area (Å²) in [6, 6.07) is -0.751. The third kappa shape index (κ3) is 37.6. The summed E-state index contributed by atoms with van der Waals surface area (Å²) in [7, 11) is 5.35. The van der Waals surface area contributed by atoms with E-state index in [-0.39, 0.29) is 49.5 Å². The number of ether oxygens (including phenoxy) is 3. The average molecular weight is 806 g/mol. The van der Waals surface area contributed by atoms with Gasteiger partial charge < -0.3 is 28.6 Å². The summed E-state index contributed by atoms with van der Waals surface area (Å²) in [4.78, 5) is 36.8. The van der Waals surface area contributed by atoms with Crippen molar-refractivity contribution >= 4 is 17.9 Å². The molecule has 0 heterocycles. The second kappa shape index (κ2) is 39.8. The predicted molar refractivity (Wildman–Crippen MR) is 240 cm³/mol. The molecule has 0 amide bonds. The molecule has 0 spiro atoms. The van der Waals surface area contributed by atoms with Crippen LogP contribution in [0.1, 0.15) is 136 Å². The highest BCUT2D eigenvalue weighted by molar-refractivity contribution is 5.70. The summed E-state index contributed by atoms with van der Waals surface area (Å²) in [5, 5.41) is 11.6. The molecule has 2 unspecified atom stereocenters. The van der Waals surface area contributed by atoms with Crippen LogP contribution < -0.4 is 5.11 Å². The Morgan fingerprint density at radius 3 is 1.36 bits per heavy atom. The second-order valence-corrected chi connectivity index (χ2v) is 15.2. The van der Waals surface area contributed by atoms with Crippen LogP contribution in [0.2, 0.25) is 0 Å². The van der Waals surface area contributed by atoms with Crippen molar-refractivity contribution in [2.24, 2.45) is 0 Å². The van der Waals surface area contributed by atoms with Gasteiger partial charge in [-0.1, -0.05) is 136 Å². The minimum atomic E-state index is -1.15. The SMILES string of the molecule is CC/C=C/C/C=C/C/C=C/C/C=C/C/C=C/CCCC(=O)OC(COCCC(C(=O)[O-])[N+](C)(C)C)COC(=O)CCC/C=C/C/C=C/C/C=C/C/C=C/CCCCC. The largest absolute Gasteiger partial charge is 0.544 e. The number of allylic oxidation sites excluding steroid dienone is 18. The quantitative estimate of drug-likeness (QED) is 0.0267. The highest BCUT2D eigenvalue weighted by atomic mass is 16.6. The number of carboxylic acids is 1. The highest BCUT2D eigenvalue weighted by Gasteiger charge is 2.25. The van der Waals surface area contributed by atoms with E-state index in [9.17, 15) is 19.5 Å². The van der Waals surface area contributed by atoms with Gasteiger partial charge in [-0.05, 0) is 89.9 Å². The number of carbonyl (C=O) groups excluding carboxylic acids is 3. The highest BCUT2D eigenvalue weighted by Crippen LogP contribution is 2.10. The van der Waals surface area contributed by atoms with E-state index in [0.717, 1.165) is 64.2 Å². The molecule has 8 nitrogen and oxygen atoms in total. The van der Waals surface area contributed by atoms with Gasteiger partial charge in [-0.15, -0.1) is 0 Å². The molecule has 8 heteroatoms. The van der Waals surface area contributed by atoms with Crippen LogP contribution in [-0.2, 0) is 28.6 Å². The number of aliphatic carboxylic acids is 1. The smallest absolute Gasteiger partial charge is 0.306 e. The van der Waals surface area contributed by atoms with Crippen LogP contribution in [0.4, 0.5) is 0 Å². The van der Waals surface area contributed by atoms with E-state index in [1.807, 2.05) is 0 Å². The summed E-state index contributed by atoms with van der Waals surface area (Å²) in [5.74, 6) is -1.90. The summed E-state index contributed by atoms with van der Waals surface area (Å²) in [5.41, 5.74) is 0. The Hall–Kier alpha value is -4.01. The summed E-state index contributed by atoms with van der Waals surface area (Å²) < 4.78 is 17.0. The van der Waals surface area contributed by atoms with E-state index in [1.165, 1.54) is 25.7 Å². The van der Waals surface area contributed by atoms with Gasteiger partial charge in [-0.25, -0.2) is 0 Å². The van der Waals surface area contributed by atoms with Crippen molar-refractivity contribution in [2.45, 2.75) is 148 Å². The Labute approximate surface area is 353 Å². The molecule has 0 bridgehead atoms. The molecule has 0 saturated heterocycles. The Morgan fingerprint density at radius 1 is 0.534 bits per heavy atom. The molecule has 0 N–H and O–H groups in total. The molecule has 0 saturated carbocycles. The second-order valence-electron chi connectivity index (χ2n) is 15.2. The molecular weight excluding hydrogens is 727 g/mol. The Kier molecular flexibility index (Phi) is 37.0. The molecule has 0 aliphatic rings. The molecule has 0 aromatic heterocycles. The number of nitrogens with zero attached hydrogens (tertiary/aromatic N) is 1. The molecule has 0 aliphatic heterocycles. The lowest BCUT2D eigenvalue weighted by Gasteiger charge is -2.34. The van der Waals surface area contributed by atoms with E-state index in [2.05, 4.69) is 123 Å². The van der Waals surface area contributed by atoms with Gasteiger partial charge >= 0.3 is 11.9 Å². The van der Waals surface area contributed by atoms with Gasteiger partial charge in [0.1, 0.15) is 12.6 Å². The monoisotopic (exact) mass is 806 g/mol. The van der Waals surface area contributed by atoms with Crippen LogP contribution in [0.3, 0.4) is 0 Å². The van der Waals surface area contributed by atoms with Crippen molar-refractivity contribution in [1.82, 2.24) is 0 Å². The van der Waals surface area contributed by atoms with Crippen LogP contribution in [-0.4, -0.2) is 75.5 Å². The molecule has 2 atom stereocenters. The van der Waals surface area contributed by atoms with Crippen molar-refractivity contribution in [2.75, 3.05) is 41.0 Å². The maximum Gasteiger partial charge on any atom is 0.306 e. The zero-order valence-electron chi connectivity index (χ0n) is 36.9. The van der Waals surface area contributed by atoms with Crippen LogP contribution in [0.25, 0.3) is 0 Å². The zero-order chi connectivity index (χ0) is 42.8. The topological polar surface area (TPSA) is 102 Å². The molecular formula is C50H79NO7. The van der Waals surface area contributed by atoms with Gasteiger partial charge in [0.15, 0.2) is 6.10 Å². The molecule has 326 valence electrons. The number of carboxylic acid groups (broad SMARTS) is 1. The maximum atomic E-state index is 12.7. The average Bonchev–Trinajstić information content (AvgIpc) is 3.18. The van der Waals surface area contributed by atoms with Gasteiger partial charge in [0.05, 0.1) is 40.3 Å². The van der Waals surface area contributed by atoms with Crippen molar-refractivity contribution in [3.05, 3.63) is 109 Å². The van der Waals surface area contributed by atoms with Crippen LogP contribution in [0.15, 0.2) is 109 Å². The first-order chi connectivity index (χ1) is 28.1. The lowest BCUT2D eigenvalue weighted by molar-refractivity contribution is -0.889. The summed E-state index contributed by atoms with van der Waals surface area (Å²) in [6.07, 6.45) is 54.1. The lowest BCUT2D eigenvalue weighted by Crippen LogP contribution is -2.55. The fourth-order valence-corrected chi connectivity index (χ4v) is 5.51. The van der Waals surface area contributed by atoms with E-state index in [1.54, 1.807) is 21.1 Å². The first-order valence-corrected chi connectivity index (χ1v) is 21.9. The number of rotatable bonds is 37. The van der Waals surface area contributed by atoms with Gasteiger partial charge in [0.25, 0.3) is 0 Å². The van der Waals surface area contributed by atoms with Crippen molar-refractivity contribution in [3.8, 4) is 0 Å². The first-order valence-electron chi connectivity index (χ1n) is 21.9. The molecule has 0 aromatic rings. The fourth-order valence-electron chi connectivity index (χ4n) is 5.51. The number of carbonyl (C=O) groups is 3. The third-order valence-electron chi connectivity index (χ3n) is 8.89. The van der Waals surface area contributed by atoms with E-state index in [4.69, 9.17) is 14.2 Å². The van der Waals surface area contributed by atoms with E-state index in [0.29, 0.717) is 12.8 Å². The molecule has 0 aromatic carbocycles. The maximum absolute atomic E-state index is 12.7. The zero-order valence-corrected chi connectivity index (χ0v) is 36.9. The number of likely N-dealkylation sites (N-methyl/N-ethyl adjacent to an activating group) is 1. The van der Waals surface area contributed by atoms with Gasteiger partial charge in [0.2, 0.25) is 0 Å². The van der Waals surface area contributed by atoms with Crippen molar-refractivity contribution < 1.29 is 38.2 Å². The summed E-state index contributed by atoms with van der Waals surface area (Å²) >= 11 is 0. The van der Waals surface area contributed by atoms with Crippen molar-refractivity contribution in [3.63, 3.8) is 0 Å². The number of esters is 2. The number of hydrogen-bond acceptors (Lipinski definition) is 7. The Balaban J connectivity index is 4.57. The fraction of sp³-hybridized carbons (Fsp3) is 0.580. The van der Waals surface area contributed by atoms with Crippen LogP contribution in [0, 0.1) is 0 Å². The molecule has 0 radical (unpaired) electrons. The number of hydrogen-bond donors (Lipinski definition) is 0. The predicted octanol–water partition coefficient (Wildman–Crippen LogP) is 10.7. The Morgan fingerprint density at radius 2 is 0.948 bits per heavy atom. The molecule has 0 rings (SSSR count). The third-order valence-corrected chi connectivity index (χ3v) is 8.89. The Bertz CT molecular complexity index is 1310. The molecule has 0 fully saturated rings. The molecule has 0 aliphatic carbocycles. The number of quaternary nitrogens is 1. The molecule has 58 heavy (non-hydrogen) atoms. The minimum Gasteiger partial charge on any atom is -0.544 e. The van der Waals surface area contributed by atoms with E-state index < -0.39 is 24.1 Å². The standard InChI is InChI=1S/C50H79NO7/c1-6-8-10-12-14-16-18-20-22-24-26-28-30-32-34-36-38-40-48(52)57-45-46(44-56-43-42-47(50(54)55)51(3,4)5)58-49(53)41-39-37-35-33-31-29-27-25-23-21-19-17-15-13-11-9-7-2/h9,11,14-17,20-23,26-29,32-35,46-47H,6-8,10,12-13,18-19,24-25,30-31,36-45H2,1-5H3/b11-9+,16-14+,17-15+,22-20+,23-21+,28-26+,29-27+,34-32+,35-33+. The summed E-state index contributed by atoms with van der Waals surface area (Å²) in [6.45, 7) is 4.37. The van der Waals surface area contributed by atoms with Crippen molar-refractivity contribution in [1.29, 1.82) is 0 Å². The van der Waals surface area contributed by atoms with Gasteiger partial charge in [0, 0.05) is 19.3 Å². The number of unbranched alkanes of at least 4 members (excludes halogenated alkanes) is 5. The van der Waals surface area contributed by atoms with Crippen LogP contribution >= 0.6 is 0 Å².